The van der Waals surface area contributed by atoms with Crippen molar-refractivity contribution in [1.82, 2.24) is 4.90 Å². The number of nitrogens with zero attached hydrogens (tertiary/aromatic N) is 1. The van der Waals surface area contributed by atoms with Crippen molar-refractivity contribution in [2.45, 2.75) is 58.5 Å². The van der Waals surface area contributed by atoms with Crippen molar-refractivity contribution in [2.75, 3.05) is 6.54 Å². The molecule has 0 spiro atoms. The molecular weight excluding hydrogens is 212 g/mol. The van der Waals surface area contributed by atoms with Gasteiger partial charge >= 0.3 is 0 Å². The molecule has 0 aromatic carbocycles. The normalized spacial score (nSPS) is 17.6. The molecule has 3 nitrogen and oxygen atoms in total. The van der Waals surface area contributed by atoms with Crippen LogP contribution in [0.25, 0.3) is 0 Å². The Kier molecular flexibility index (Phi) is 4.75. The van der Waals surface area contributed by atoms with Crippen LogP contribution in [0.15, 0.2) is 12.7 Å². The molecule has 0 aromatic rings. The first-order valence-corrected chi connectivity index (χ1v) is 6.49. The second-order valence-electron chi connectivity index (χ2n) is 6.29. The van der Waals surface area contributed by atoms with Gasteiger partial charge in [-0.25, -0.2) is 0 Å². The summed E-state index contributed by atoms with van der Waals surface area (Å²) in [5.74, 6) is 0.184. The van der Waals surface area contributed by atoms with Gasteiger partial charge in [-0.3, -0.25) is 4.79 Å². The summed E-state index contributed by atoms with van der Waals surface area (Å²) < 4.78 is 0. The average Bonchev–Trinajstić information content (AvgIpc) is 2.93. The van der Waals surface area contributed by atoms with Crippen molar-refractivity contribution in [3.05, 3.63) is 12.7 Å². The van der Waals surface area contributed by atoms with Gasteiger partial charge in [0.15, 0.2) is 0 Å². The lowest BCUT2D eigenvalue weighted by Gasteiger charge is -2.26. The maximum atomic E-state index is 12.1. The molecule has 0 bridgehead atoms. The third-order valence-corrected chi connectivity index (χ3v) is 2.95. The molecule has 0 saturated heterocycles. The second kappa shape index (κ2) is 5.67. The summed E-state index contributed by atoms with van der Waals surface area (Å²) in [5.41, 5.74) is 6.23. The van der Waals surface area contributed by atoms with E-state index in [1.54, 1.807) is 6.08 Å². The fraction of sp³-hybridized carbons (Fsp3) is 0.786. The molecular formula is C14H26N2O. The van der Waals surface area contributed by atoms with Crippen LogP contribution in [0, 0.1) is 5.41 Å². The summed E-state index contributed by atoms with van der Waals surface area (Å²) in [4.78, 5) is 14.0. The molecule has 98 valence electrons. The highest BCUT2D eigenvalue weighted by Crippen LogP contribution is 2.28. The predicted molar refractivity (Wildman–Crippen MR) is 71.6 cm³/mol. The van der Waals surface area contributed by atoms with Crippen LogP contribution in [0.2, 0.25) is 0 Å². The highest BCUT2D eigenvalue weighted by Gasteiger charge is 2.32. The largest absolute Gasteiger partial charge is 0.336 e. The molecule has 1 amide bonds. The first-order valence-electron chi connectivity index (χ1n) is 6.49. The third-order valence-electron chi connectivity index (χ3n) is 2.95. The lowest BCUT2D eigenvalue weighted by molar-refractivity contribution is -0.131. The van der Waals surface area contributed by atoms with Crippen LogP contribution in [0.4, 0.5) is 0 Å². The fourth-order valence-corrected chi connectivity index (χ4v) is 2.18. The molecule has 17 heavy (non-hydrogen) atoms. The number of carbonyl (C=O) groups is 1. The van der Waals surface area contributed by atoms with E-state index in [0.29, 0.717) is 19.0 Å². The maximum absolute atomic E-state index is 12.1. The first kappa shape index (κ1) is 14.2. The van der Waals surface area contributed by atoms with Crippen molar-refractivity contribution in [3.63, 3.8) is 0 Å². The number of hydrogen-bond donors (Lipinski definition) is 1. The topological polar surface area (TPSA) is 46.3 Å². The highest BCUT2D eigenvalue weighted by molar-refractivity contribution is 5.77. The predicted octanol–water partition coefficient (Wildman–Crippen LogP) is 2.32. The molecule has 0 heterocycles. The average molecular weight is 238 g/mol. The minimum atomic E-state index is -0.0337. The van der Waals surface area contributed by atoms with Crippen LogP contribution < -0.4 is 5.73 Å². The van der Waals surface area contributed by atoms with Gasteiger partial charge in [0, 0.05) is 25.0 Å². The number of amides is 1. The van der Waals surface area contributed by atoms with Gasteiger partial charge in [0.1, 0.15) is 0 Å². The smallest absolute Gasteiger partial charge is 0.224 e. The zero-order valence-corrected chi connectivity index (χ0v) is 11.4. The molecule has 1 unspecified atom stereocenters. The van der Waals surface area contributed by atoms with Crippen molar-refractivity contribution < 1.29 is 4.79 Å². The summed E-state index contributed by atoms with van der Waals surface area (Å²) in [6.45, 7) is 10.8. The molecule has 0 aliphatic heterocycles. The lowest BCUT2D eigenvalue weighted by atomic mass is 9.87. The Balaban J connectivity index is 2.43. The van der Waals surface area contributed by atoms with Crippen LogP contribution in [-0.4, -0.2) is 29.4 Å². The number of nitrogens with two attached hydrogens (primary N) is 1. The summed E-state index contributed by atoms with van der Waals surface area (Å²) in [6, 6.07) is 0.413. The van der Waals surface area contributed by atoms with Crippen molar-refractivity contribution in [2.24, 2.45) is 11.1 Å². The van der Waals surface area contributed by atoms with E-state index in [1.165, 1.54) is 0 Å². The van der Waals surface area contributed by atoms with Crippen LogP contribution >= 0.6 is 0 Å². The summed E-state index contributed by atoms with van der Waals surface area (Å²) >= 11 is 0. The maximum Gasteiger partial charge on any atom is 0.224 e. The van der Waals surface area contributed by atoms with Gasteiger partial charge in [0.25, 0.3) is 0 Å². The summed E-state index contributed by atoms with van der Waals surface area (Å²) in [5, 5.41) is 0. The second-order valence-corrected chi connectivity index (χ2v) is 6.29. The lowest BCUT2D eigenvalue weighted by Crippen LogP contribution is -2.38. The van der Waals surface area contributed by atoms with E-state index in [0.717, 1.165) is 19.3 Å². The quantitative estimate of drug-likeness (QED) is 0.722. The molecule has 1 fully saturated rings. The van der Waals surface area contributed by atoms with Crippen molar-refractivity contribution >= 4 is 5.91 Å². The van der Waals surface area contributed by atoms with Gasteiger partial charge in [-0.05, 0) is 24.7 Å². The van der Waals surface area contributed by atoms with Gasteiger partial charge in [-0.1, -0.05) is 26.8 Å². The Bertz CT molecular complexity index is 276. The Hall–Kier alpha value is -0.830. The van der Waals surface area contributed by atoms with Gasteiger partial charge in [-0.15, -0.1) is 6.58 Å². The Labute approximate surface area is 105 Å². The van der Waals surface area contributed by atoms with E-state index in [9.17, 15) is 4.79 Å². The van der Waals surface area contributed by atoms with Gasteiger partial charge in [0.2, 0.25) is 5.91 Å². The van der Waals surface area contributed by atoms with E-state index in [-0.39, 0.29) is 17.4 Å². The molecule has 1 aliphatic rings. The minimum Gasteiger partial charge on any atom is -0.336 e. The summed E-state index contributed by atoms with van der Waals surface area (Å²) in [6.07, 6.45) is 5.40. The molecule has 3 heteroatoms. The van der Waals surface area contributed by atoms with Gasteiger partial charge in [0.05, 0.1) is 0 Å². The van der Waals surface area contributed by atoms with E-state index in [2.05, 4.69) is 27.4 Å². The minimum absolute atomic E-state index is 0.0337. The number of carbonyl (C=O) groups excluding carboxylic acids is 1. The van der Waals surface area contributed by atoms with Crippen molar-refractivity contribution in [3.8, 4) is 0 Å². The monoisotopic (exact) mass is 238 g/mol. The van der Waals surface area contributed by atoms with Gasteiger partial charge in [-0.2, -0.15) is 0 Å². The molecule has 2 N–H and O–H groups in total. The molecule has 1 atom stereocenters. The zero-order valence-electron chi connectivity index (χ0n) is 11.4. The zero-order chi connectivity index (χ0) is 13.1. The molecule has 0 aromatic heterocycles. The molecule has 1 aliphatic carbocycles. The first-order chi connectivity index (χ1) is 7.83. The van der Waals surface area contributed by atoms with E-state index < -0.39 is 0 Å². The Morgan fingerprint density at radius 2 is 2.12 bits per heavy atom. The number of hydrogen-bond acceptors (Lipinski definition) is 2. The highest BCUT2D eigenvalue weighted by atomic mass is 16.2. The fourth-order valence-electron chi connectivity index (χ4n) is 2.18. The Morgan fingerprint density at radius 3 is 2.53 bits per heavy atom. The van der Waals surface area contributed by atoms with Gasteiger partial charge < -0.3 is 10.6 Å². The van der Waals surface area contributed by atoms with Crippen LogP contribution in [0.1, 0.15) is 46.5 Å². The number of rotatable bonds is 6. The SMILES string of the molecule is C=CCN(C(=O)CC(N)CC(C)(C)C)C1CC1. The van der Waals surface area contributed by atoms with Crippen LogP contribution in [-0.2, 0) is 4.79 Å². The summed E-state index contributed by atoms with van der Waals surface area (Å²) in [7, 11) is 0. The Morgan fingerprint density at radius 1 is 1.53 bits per heavy atom. The molecule has 1 saturated carbocycles. The standard InChI is InChI=1S/C14H26N2O/c1-5-8-16(12-6-7-12)13(17)9-11(15)10-14(2,3)4/h5,11-12H,1,6-10,15H2,2-4H3. The molecule has 0 radical (unpaired) electrons. The van der Waals surface area contributed by atoms with Crippen LogP contribution in [0.5, 0.6) is 0 Å². The van der Waals surface area contributed by atoms with E-state index in [4.69, 9.17) is 5.73 Å². The van der Waals surface area contributed by atoms with E-state index in [1.807, 2.05) is 4.90 Å². The van der Waals surface area contributed by atoms with Crippen molar-refractivity contribution in [1.29, 1.82) is 0 Å². The molecule has 1 rings (SSSR count). The van der Waals surface area contributed by atoms with Crippen LogP contribution in [0.3, 0.4) is 0 Å². The van der Waals surface area contributed by atoms with E-state index >= 15 is 0 Å². The third kappa shape index (κ3) is 5.35.